The number of carbonyl (C=O) groups is 2. The Morgan fingerprint density at radius 1 is 1.50 bits per heavy atom. The van der Waals surface area contributed by atoms with Gasteiger partial charge in [-0.1, -0.05) is 0 Å². The van der Waals surface area contributed by atoms with E-state index in [0.717, 1.165) is 0 Å². The summed E-state index contributed by atoms with van der Waals surface area (Å²) in [6.07, 6.45) is 0. The van der Waals surface area contributed by atoms with Gasteiger partial charge in [0.25, 0.3) is 5.91 Å². The Morgan fingerprint density at radius 2 is 2.20 bits per heavy atom. The molecule has 20 heavy (non-hydrogen) atoms. The van der Waals surface area contributed by atoms with E-state index in [4.69, 9.17) is 4.74 Å². The molecule has 108 valence electrons. The standard InChI is InChI=1S/C13H14BrNO4S/c1-7-15(11(6-20-7)13(17)18)12(16)9-5-8(19-2)3-4-10(9)14/h3-5,7,11H,6H2,1-2H3,(H,17,18). The zero-order valence-electron chi connectivity index (χ0n) is 11.0. The first-order valence-corrected chi connectivity index (χ1v) is 7.80. The third-order valence-corrected chi connectivity index (χ3v) is 5.06. The molecule has 1 heterocycles. The van der Waals surface area contributed by atoms with Gasteiger partial charge in [-0.3, -0.25) is 4.79 Å². The summed E-state index contributed by atoms with van der Waals surface area (Å²) in [5.41, 5.74) is 0.407. The first-order chi connectivity index (χ1) is 9.45. The summed E-state index contributed by atoms with van der Waals surface area (Å²) >= 11 is 4.79. The molecule has 1 N–H and O–H groups in total. The molecule has 0 aromatic heterocycles. The second kappa shape index (κ2) is 6.05. The number of halogens is 1. The van der Waals surface area contributed by atoms with Crippen LogP contribution in [-0.2, 0) is 4.79 Å². The minimum atomic E-state index is -0.978. The third-order valence-electron chi connectivity index (χ3n) is 3.15. The van der Waals surface area contributed by atoms with Crippen molar-refractivity contribution >= 4 is 39.6 Å². The molecule has 0 spiro atoms. The monoisotopic (exact) mass is 359 g/mol. The molecule has 5 nitrogen and oxygen atoms in total. The van der Waals surface area contributed by atoms with Crippen molar-refractivity contribution in [2.75, 3.05) is 12.9 Å². The summed E-state index contributed by atoms with van der Waals surface area (Å²) < 4.78 is 5.73. The number of ether oxygens (including phenoxy) is 1. The minimum Gasteiger partial charge on any atom is -0.497 e. The number of thioether (sulfide) groups is 1. The van der Waals surface area contributed by atoms with Gasteiger partial charge in [-0.05, 0) is 41.1 Å². The van der Waals surface area contributed by atoms with E-state index in [0.29, 0.717) is 21.5 Å². The summed E-state index contributed by atoms with van der Waals surface area (Å²) in [6.45, 7) is 1.83. The van der Waals surface area contributed by atoms with Gasteiger partial charge in [0, 0.05) is 10.2 Å². The van der Waals surface area contributed by atoms with Crippen LogP contribution in [0.5, 0.6) is 5.75 Å². The lowest BCUT2D eigenvalue weighted by Gasteiger charge is -2.25. The predicted molar refractivity (Wildman–Crippen MR) is 80.2 cm³/mol. The SMILES string of the molecule is COc1ccc(Br)c(C(=O)N2C(C)SCC2C(=O)O)c1. The van der Waals surface area contributed by atoms with Gasteiger partial charge in [-0.15, -0.1) is 11.8 Å². The van der Waals surface area contributed by atoms with Gasteiger partial charge in [0.2, 0.25) is 0 Å². The highest BCUT2D eigenvalue weighted by atomic mass is 79.9. The van der Waals surface area contributed by atoms with Gasteiger partial charge < -0.3 is 14.7 Å². The first kappa shape index (κ1) is 15.2. The van der Waals surface area contributed by atoms with E-state index in [1.807, 2.05) is 6.92 Å². The molecule has 0 saturated carbocycles. The van der Waals surface area contributed by atoms with E-state index in [2.05, 4.69) is 15.9 Å². The summed E-state index contributed by atoms with van der Waals surface area (Å²) in [5.74, 6) is -0.318. The molecule has 1 aliphatic rings. The maximum Gasteiger partial charge on any atom is 0.327 e. The second-order valence-electron chi connectivity index (χ2n) is 4.34. The van der Waals surface area contributed by atoms with Crippen molar-refractivity contribution < 1.29 is 19.4 Å². The molecular formula is C13H14BrNO4S. The highest BCUT2D eigenvalue weighted by Gasteiger charge is 2.40. The molecule has 2 unspecified atom stereocenters. The number of hydrogen-bond acceptors (Lipinski definition) is 4. The molecule has 0 radical (unpaired) electrons. The second-order valence-corrected chi connectivity index (χ2v) is 6.55. The number of rotatable bonds is 3. The van der Waals surface area contributed by atoms with Gasteiger partial charge in [-0.25, -0.2) is 4.79 Å². The summed E-state index contributed by atoms with van der Waals surface area (Å²) in [4.78, 5) is 25.3. The Labute approximate surface area is 129 Å². The molecule has 2 atom stereocenters. The van der Waals surface area contributed by atoms with Gasteiger partial charge in [0.1, 0.15) is 11.8 Å². The number of aliphatic carboxylic acids is 1. The number of carboxylic acid groups (broad SMARTS) is 1. The Bertz CT molecular complexity index is 551. The lowest BCUT2D eigenvalue weighted by molar-refractivity contribution is -0.141. The molecule has 1 aromatic rings. The molecule has 1 aromatic carbocycles. The van der Waals surface area contributed by atoms with Crippen LogP contribution in [0.3, 0.4) is 0 Å². The van der Waals surface area contributed by atoms with Crippen molar-refractivity contribution in [3.63, 3.8) is 0 Å². The summed E-state index contributed by atoms with van der Waals surface area (Å²) in [6, 6.07) is 4.27. The number of carbonyl (C=O) groups excluding carboxylic acids is 1. The maximum absolute atomic E-state index is 12.6. The van der Waals surface area contributed by atoms with Gasteiger partial charge >= 0.3 is 5.97 Å². The van der Waals surface area contributed by atoms with Crippen LogP contribution in [0.1, 0.15) is 17.3 Å². The minimum absolute atomic E-state index is 0.165. The molecule has 1 amide bonds. The van der Waals surface area contributed by atoms with Crippen molar-refractivity contribution in [1.82, 2.24) is 4.90 Å². The molecule has 0 aliphatic carbocycles. The largest absolute Gasteiger partial charge is 0.497 e. The molecule has 1 fully saturated rings. The van der Waals surface area contributed by atoms with Crippen LogP contribution < -0.4 is 4.74 Å². The topological polar surface area (TPSA) is 66.8 Å². The van der Waals surface area contributed by atoms with E-state index in [-0.39, 0.29) is 11.3 Å². The van der Waals surface area contributed by atoms with Crippen LogP contribution in [0.25, 0.3) is 0 Å². The van der Waals surface area contributed by atoms with Crippen LogP contribution >= 0.6 is 27.7 Å². The molecule has 0 bridgehead atoms. The highest BCUT2D eigenvalue weighted by molar-refractivity contribution is 9.10. The molecular weight excluding hydrogens is 346 g/mol. The number of carboxylic acids is 1. The maximum atomic E-state index is 12.6. The van der Waals surface area contributed by atoms with E-state index in [9.17, 15) is 14.7 Å². The van der Waals surface area contributed by atoms with Gasteiger partial charge in [-0.2, -0.15) is 0 Å². The van der Waals surface area contributed by atoms with Crippen molar-refractivity contribution in [3.05, 3.63) is 28.2 Å². The normalized spacial score (nSPS) is 21.9. The predicted octanol–water partition coefficient (Wildman–Crippen LogP) is 2.45. The van der Waals surface area contributed by atoms with Crippen LogP contribution in [0.2, 0.25) is 0 Å². The average Bonchev–Trinajstić information content (AvgIpc) is 2.80. The Hall–Kier alpha value is -1.21. The van der Waals surface area contributed by atoms with Crippen molar-refractivity contribution in [3.8, 4) is 5.75 Å². The Morgan fingerprint density at radius 3 is 2.80 bits per heavy atom. The van der Waals surface area contributed by atoms with Gasteiger partial charge in [0.05, 0.1) is 18.0 Å². The first-order valence-electron chi connectivity index (χ1n) is 5.96. The fourth-order valence-electron chi connectivity index (χ4n) is 2.08. The van der Waals surface area contributed by atoms with Gasteiger partial charge in [0.15, 0.2) is 0 Å². The van der Waals surface area contributed by atoms with Crippen molar-refractivity contribution in [2.24, 2.45) is 0 Å². The zero-order chi connectivity index (χ0) is 14.9. The number of benzene rings is 1. The number of methoxy groups -OCH3 is 1. The zero-order valence-corrected chi connectivity index (χ0v) is 13.4. The average molecular weight is 360 g/mol. The molecule has 1 saturated heterocycles. The van der Waals surface area contributed by atoms with Crippen molar-refractivity contribution in [1.29, 1.82) is 0 Å². The summed E-state index contributed by atoms with van der Waals surface area (Å²) in [5, 5.41) is 9.06. The van der Waals surface area contributed by atoms with Crippen molar-refractivity contribution in [2.45, 2.75) is 18.3 Å². The molecule has 7 heteroatoms. The Balaban J connectivity index is 2.37. The number of amides is 1. The molecule has 1 aliphatic heterocycles. The quantitative estimate of drug-likeness (QED) is 0.897. The highest BCUT2D eigenvalue weighted by Crippen LogP contribution is 2.32. The number of nitrogens with zero attached hydrogens (tertiary/aromatic N) is 1. The van der Waals surface area contributed by atoms with Crippen LogP contribution in [0, 0.1) is 0 Å². The van der Waals surface area contributed by atoms with Crippen LogP contribution in [0.15, 0.2) is 22.7 Å². The summed E-state index contributed by atoms with van der Waals surface area (Å²) in [7, 11) is 1.52. The fraction of sp³-hybridized carbons (Fsp3) is 0.385. The lowest BCUT2D eigenvalue weighted by atomic mass is 10.1. The lowest BCUT2D eigenvalue weighted by Crippen LogP contribution is -2.44. The molecule has 2 rings (SSSR count). The number of hydrogen-bond donors (Lipinski definition) is 1. The van der Waals surface area contributed by atoms with E-state index >= 15 is 0 Å². The van der Waals surface area contributed by atoms with E-state index in [1.165, 1.54) is 23.8 Å². The van der Waals surface area contributed by atoms with Crippen LogP contribution in [-0.4, -0.2) is 46.2 Å². The fourth-order valence-corrected chi connectivity index (χ4v) is 3.66. The van der Waals surface area contributed by atoms with Crippen LogP contribution in [0.4, 0.5) is 0 Å². The van der Waals surface area contributed by atoms with E-state index in [1.54, 1.807) is 18.2 Å². The Kier molecular flexibility index (Phi) is 4.59. The van der Waals surface area contributed by atoms with E-state index < -0.39 is 12.0 Å². The smallest absolute Gasteiger partial charge is 0.327 e. The third kappa shape index (κ3) is 2.78.